The summed E-state index contributed by atoms with van der Waals surface area (Å²) < 4.78 is 4.94. The number of nitrogens with one attached hydrogen (secondary N) is 1. The second-order valence-electron chi connectivity index (χ2n) is 4.90. The van der Waals surface area contributed by atoms with Crippen LogP contribution in [0, 0.1) is 21.4 Å². The van der Waals surface area contributed by atoms with Crippen LogP contribution in [-0.4, -0.2) is 27.5 Å². The number of carbonyl (C=O) groups excluding carboxylic acids is 1. The van der Waals surface area contributed by atoms with Gasteiger partial charge in [-0.3, -0.25) is 19.9 Å². The molecule has 0 amide bonds. The highest BCUT2D eigenvalue weighted by molar-refractivity contribution is 7.09. The Bertz CT molecular complexity index is 901. The predicted molar refractivity (Wildman–Crippen MR) is 87.9 cm³/mol. The molecule has 0 saturated carbocycles. The Morgan fingerprint density at radius 3 is 2.88 bits per heavy atom. The Morgan fingerprint density at radius 2 is 2.36 bits per heavy atom. The zero-order chi connectivity index (χ0) is 18.6. The van der Waals surface area contributed by atoms with Crippen molar-refractivity contribution in [1.82, 2.24) is 9.97 Å². The van der Waals surface area contributed by atoms with Crippen molar-refractivity contribution >= 4 is 28.9 Å². The summed E-state index contributed by atoms with van der Waals surface area (Å²) in [6.07, 6.45) is -0.239. The maximum atomic E-state index is 12.6. The number of thiophene rings is 1. The maximum Gasteiger partial charge on any atom is 0.357 e. The first-order chi connectivity index (χ1) is 11.9. The molecule has 10 nitrogen and oxygen atoms in total. The van der Waals surface area contributed by atoms with Gasteiger partial charge in [-0.05, 0) is 18.4 Å². The SMILES string of the molecule is CCOC(=O)C(C#N)(Cc1cccs1)c1nc(N)[nH]c(=O)c1[N+](=O)[O-]. The molecule has 0 radical (unpaired) electrons. The van der Waals surface area contributed by atoms with E-state index in [0.29, 0.717) is 4.88 Å². The fourth-order valence-corrected chi connectivity index (χ4v) is 3.06. The number of carbonyl (C=O) groups is 1. The summed E-state index contributed by atoms with van der Waals surface area (Å²) in [6, 6.07) is 5.11. The van der Waals surface area contributed by atoms with Crippen LogP contribution in [0.5, 0.6) is 0 Å². The van der Waals surface area contributed by atoms with Crippen LogP contribution >= 0.6 is 11.3 Å². The van der Waals surface area contributed by atoms with Crippen molar-refractivity contribution in [3.63, 3.8) is 0 Å². The van der Waals surface area contributed by atoms with Crippen molar-refractivity contribution in [2.24, 2.45) is 0 Å². The summed E-state index contributed by atoms with van der Waals surface area (Å²) >= 11 is 1.24. The van der Waals surface area contributed by atoms with Crippen LogP contribution in [0.25, 0.3) is 0 Å². The molecule has 2 aromatic heterocycles. The molecule has 2 rings (SSSR count). The summed E-state index contributed by atoms with van der Waals surface area (Å²) in [5.74, 6) is -1.48. The minimum atomic E-state index is -2.17. The molecule has 2 aromatic rings. The van der Waals surface area contributed by atoms with Gasteiger partial charge in [0, 0.05) is 11.3 Å². The van der Waals surface area contributed by atoms with E-state index in [9.17, 15) is 25.0 Å². The first-order valence-corrected chi connectivity index (χ1v) is 7.89. The van der Waals surface area contributed by atoms with Crippen molar-refractivity contribution < 1.29 is 14.5 Å². The third-order valence-electron chi connectivity index (χ3n) is 3.33. The van der Waals surface area contributed by atoms with Crippen LogP contribution in [-0.2, 0) is 21.4 Å². The fraction of sp³-hybridized carbons (Fsp3) is 0.286. The average molecular weight is 363 g/mol. The lowest BCUT2D eigenvalue weighted by Crippen LogP contribution is -2.41. The van der Waals surface area contributed by atoms with Crippen LogP contribution in [0.15, 0.2) is 22.3 Å². The van der Waals surface area contributed by atoms with E-state index in [1.54, 1.807) is 23.6 Å². The lowest BCUT2D eigenvalue weighted by Gasteiger charge is -2.23. The second kappa shape index (κ2) is 7.10. The van der Waals surface area contributed by atoms with E-state index in [0.717, 1.165) is 0 Å². The van der Waals surface area contributed by atoms with Gasteiger partial charge in [-0.15, -0.1) is 11.3 Å². The zero-order valence-electron chi connectivity index (χ0n) is 13.0. The number of esters is 1. The number of aromatic amines is 1. The van der Waals surface area contributed by atoms with Gasteiger partial charge in [0.25, 0.3) is 0 Å². The molecule has 3 N–H and O–H groups in total. The summed E-state index contributed by atoms with van der Waals surface area (Å²) in [5, 5.41) is 22.8. The summed E-state index contributed by atoms with van der Waals surface area (Å²) in [4.78, 5) is 41.2. The van der Waals surface area contributed by atoms with Gasteiger partial charge in [-0.1, -0.05) is 6.07 Å². The maximum absolute atomic E-state index is 12.6. The average Bonchev–Trinajstić information content (AvgIpc) is 3.04. The predicted octanol–water partition coefficient (Wildman–Crippen LogP) is 0.889. The molecular formula is C14H13N5O5S. The monoisotopic (exact) mass is 363 g/mol. The molecule has 0 aromatic carbocycles. The standard InChI is InChI=1S/C14H13N5O5S/c1-2-24-12(21)14(7-15,6-8-4-3-5-25-8)10-9(19(22)23)11(20)18-13(16)17-10/h3-5H,2,6H2,1H3,(H3,16,17,18,20). The van der Waals surface area contributed by atoms with Gasteiger partial charge in [-0.2, -0.15) is 5.26 Å². The first kappa shape index (κ1) is 18.1. The smallest absolute Gasteiger partial charge is 0.357 e. The number of aromatic nitrogens is 2. The molecule has 0 fully saturated rings. The van der Waals surface area contributed by atoms with Crippen LogP contribution in [0.3, 0.4) is 0 Å². The Labute approximate surface area is 145 Å². The number of nitrogens with two attached hydrogens (primary N) is 1. The van der Waals surface area contributed by atoms with Crippen LogP contribution in [0.4, 0.5) is 11.6 Å². The number of H-pyrrole nitrogens is 1. The molecule has 1 unspecified atom stereocenters. The minimum absolute atomic E-state index is 0.0564. The van der Waals surface area contributed by atoms with E-state index in [-0.39, 0.29) is 13.0 Å². The molecule has 0 aliphatic rings. The Kier molecular flexibility index (Phi) is 5.14. The second-order valence-corrected chi connectivity index (χ2v) is 5.93. The van der Waals surface area contributed by atoms with Crippen molar-refractivity contribution in [3.8, 4) is 6.07 Å². The molecule has 0 saturated heterocycles. The third kappa shape index (κ3) is 3.33. The number of nitrogens with zero attached hydrogens (tertiary/aromatic N) is 3. The molecule has 1 atom stereocenters. The number of hydrogen-bond acceptors (Lipinski definition) is 9. The minimum Gasteiger partial charge on any atom is -0.464 e. The number of hydrogen-bond donors (Lipinski definition) is 2. The number of nitriles is 1. The number of rotatable bonds is 6. The van der Waals surface area contributed by atoms with Crippen molar-refractivity contribution in [2.75, 3.05) is 12.3 Å². The highest BCUT2D eigenvalue weighted by Gasteiger charge is 2.50. The van der Waals surface area contributed by atoms with Crippen LogP contribution in [0.1, 0.15) is 17.5 Å². The Morgan fingerprint density at radius 1 is 1.64 bits per heavy atom. The highest BCUT2D eigenvalue weighted by Crippen LogP contribution is 2.34. The molecule has 25 heavy (non-hydrogen) atoms. The van der Waals surface area contributed by atoms with Gasteiger partial charge in [0.05, 0.1) is 17.6 Å². The van der Waals surface area contributed by atoms with Gasteiger partial charge in [-0.25, -0.2) is 9.78 Å². The van der Waals surface area contributed by atoms with E-state index in [1.165, 1.54) is 18.3 Å². The number of nitrogen functional groups attached to an aromatic ring is 1. The van der Waals surface area contributed by atoms with Gasteiger partial charge >= 0.3 is 17.2 Å². The van der Waals surface area contributed by atoms with E-state index in [4.69, 9.17) is 10.5 Å². The highest BCUT2D eigenvalue weighted by atomic mass is 32.1. The van der Waals surface area contributed by atoms with Crippen molar-refractivity contribution in [2.45, 2.75) is 18.8 Å². The molecule has 0 aliphatic carbocycles. The summed E-state index contributed by atoms with van der Waals surface area (Å²) in [7, 11) is 0. The van der Waals surface area contributed by atoms with E-state index >= 15 is 0 Å². The van der Waals surface area contributed by atoms with Crippen molar-refractivity contribution in [1.29, 1.82) is 5.26 Å². The molecule has 0 bridgehead atoms. The fourth-order valence-electron chi connectivity index (χ4n) is 2.27. The lowest BCUT2D eigenvalue weighted by atomic mass is 9.81. The quantitative estimate of drug-likeness (QED) is 0.433. The van der Waals surface area contributed by atoms with Crippen LogP contribution < -0.4 is 11.3 Å². The van der Waals surface area contributed by atoms with Crippen molar-refractivity contribution in [3.05, 3.63) is 48.6 Å². The first-order valence-electron chi connectivity index (χ1n) is 7.01. The molecule has 0 aliphatic heterocycles. The molecule has 11 heteroatoms. The Hall–Kier alpha value is -3.26. The van der Waals surface area contributed by atoms with Gasteiger partial charge < -0.3 is 10.5 Å². The van der Waals surface area contributed by atoms with Gasteiger partial charge in [0.1, 0.15) is 0 Å². The zero-order valence-corrected chi connectivity index (χ0v) is 13.8. The number of anilines is 1. The van der Waals surface area contributed by atoms with E-state index < -0.39 is 39.2 Å². The third-order valence-corrected chi connectivity index (χ3v) is 4.21. The van der Waals surface area contributed by atoms with Gasteiger partial charge in [0.2, 0.25) is 11.4 Å². The lowest BCUT2D eigenvalue weighted by molar-refractivity contribution is -0.387. The molecule has 0 spiro atoms. The topological polar surface area (TPSA) is 165 Å². The Balaban J connectivity index is 2.80. The normalized spacial score (nSPS) is 12.8. The number of nitro groups is 1. The number of ether oxygens (including phenoxy) is 1. The molecule has 130 valence electrons. The largest absolute Gasteiger partial charge is 0.464 e. The van der Waals surface area contributed by atoms with Gasteiger partial charge in [0.15, 0.2) is 5.69 Å². The molecular weight excluding hydrogens is 350 g/mol. The molecule has 2 heterocycles. The van der Waals surface area contributed by atoms with Crippen LogP contribution in [0.2, 0.25) is 0 Å². The van der Waals surface area contributed by atoms with E-state index in [1.807, 2.05) is 4.98 Å². The van der Waals surface area contributed by atoms with E-state index in [2.05, 4.69) is 4.98 Å². The summed E-state index contributed by atoms with van der Waals surface area (Å²) in [5.41, 5.74) is 0.509. The summed E-state index contributed by atoms with van der Waals surface area (Å²) in [6.45, 7) is 1.47.